The molecule has 2 heteroatoms. The van der Waals surface area contributed by atoms with Crippen molar-refractivity contribution in [2.24, 2.45) is 0 Å². The van der Waals surface area contributed by atoms with Crippen LogP contribution in [0.1, 0.15) is 103 Å². The normalized spacial score (nSPS) is 27.1. The summed E-state index contributed by atoms with van der Waals surface area (Å²) in [7, 11) is 0. The smallest absolute Gasteiger partial charge is 0.161 e. The highest BCUT2D eigenvalue weighted by Crippen LogP contribution is 2.14. The Kier molecular flexibility index (Phi) is 12.4. The minimum atomic E-state index is -0.698. The first-order chi connectivity index (χ1) is 10.8. The first-order valence-electron chi connectivity index (χ1n) is 9.66. The molecule has 1 atom stereocenters. The number of aliphatic hydroxyl groups excluding tert-OH is 1. The van der Waals surface area contributed by atoms with Crippen LogP contribution in [0.5, 0.6) is 0 Å². The van der Waals surface area contributed by atoms with Crippen molar-refractivity contribution in [2.45, 2.75) is 109 Å². The zero-order valence-electron chi connectivity index (χ0n) is 14.4. The molecular formula is C20H36O2. The number of rotatable bonds is 0. The predicted molar refractivity (Wildman–Crippen MR) is 94.0 cm³/mol. The summed E-state index contributed by atoms with van der Waals surface area (Å²) in [5.74, 6) is 0.0690. The predicted octanol–water partition coefficient (Wildman–Crippen LogP) is 5.73. The number of carbonyl (C=O) groups is 1. The second-order valence-electron chi connectivity index (χ2n) is 6.81. The van der Waals surface area contributed by atoms with Gasteiger partial charge in [-0.15, -0.1) is 0 Å². The summed E-state index contributed by atoms with van der Waals surface area (Å²) in [6.45, 7) is 0. The summed E-state index contributed by atoms with van der Waals surface area (Å²) in [5.41, 5.74) is 0. The molecule has 0 aromatic rings. The number of carbonyl (C=O) groups excluding carboxylic acids is 1. The second-order valence-corrected chi connectivity index (χ2v) is 6.81. The van der Waals surface area contributed by atoms with E-state index in [9.17, 15) is 9.90 Å². The van der Waals surface area contributed by atoms with Crippen molar-refractivity contribution in [3.63, 3.8) is 0 Å². The fourth-order valence-corrected chi connectivity index (χ4v) is 3.14. The van der Waals surface area contributed by atoms with E-state index >= 15 is 0 Å². The molecule has 0 radical (unpaired) electrons. The Balaban J connectivity index is 2.23. The summed E-state index contributed by atoms with van der Waals surface area (Å²) in [6, 6.07) is 0. The summed E-state index contributed by atoms with van der Waals surface area (Å²) >= 11 is 0. The van der Waals surface area contributed by atoms with E-state index in [-0.39, 0.29) is 5.78 Å². The Morgan fingerprint density at radius 1 is 0.682 bits per heavy atom. The fraction of sp³-hybridized carbons (Fsp3) is 0.850. The van der Waals surface area contributed by atoms with Gasteiger partial charge in [0.15, 0.2) is 5.78 Å². The minimum absolute atomic E-state index is 0.0690. The average molecular weight is 309 g/mol. The van der Waals surface area contributed by atoms with Crippen molar-refractivity contribution < 1.29 is 9.90 Å². The van der Waals surface area contributed by atoms with Crippen molar-refractivity contribution in [3.8, 4) is 0 Å². The van der Waals surface area contributed by atoms with Crippen LogP contribution in [0.4, 0.5) is 0 Å². The maximum Gasteiger partial charge on any atom is 0.161 e. The Bertz CT molecular complexity index is 296. The molecule has 0 aromatic carbocycles. The maximum atomic E-state index is 11.8. The van der Waals surface area contributed by atoms with E-state index < -0.39 is 6.10 Å². The number of allylic oxidation sites excluding steroid dienone is 2. The van der Waals surface area contributed by atoms with Crippen LogP contribution in [0, 0.1) is 0 Å². The van der Waals surface area contributed by atoms with Crippen LogP contribution in [0.2, 0.25) is 0 Å². The van der Waals surface area contributed by atoms with Gasteiger partial charge >= 0.3 is 0 Å². The molecule has 0 spiro atoms. The maximum absolute atomic E-state index is 11.8. The fourth-order valence-electron chi connectivity index (χ4n) is 3.14. The quantitative estimate of drug-likeness (QED) is 0.580. The lowest BCUT2D eigenvalue weighted by Crippen LogP contribution is -2.19. The van der Waals surface area contributed by atoms with Crippen molar-refractivity contribution >= 4 is 5.78 Å². The van der Waals surface area contributed by atoms with Gasteiger partial charge in [-0.25, -0.2) is 0 Å². The van der Waals surface area contributed by atoms with E-state index in [0.717, 1.165) is 25.7 Å². The molecule has 1 aliphatic rings. The molecule has 0 amide bonds. The van der Waals surface area contributed by atoms with Crippen LogP contribution < -0.4 is 0 Å². The van der Waals surface area contributed by atoms with Crippen LogP contribution in [-0.4, -0.2) is 17.0 Å². The summed E-state index contributed by atoms with van der Waals surface area (Å²) in [4.78, 5) is 11.8. The SMILES string of the molecule is O=C1CCCCCCCC/C=C\CCCCCCCCC1O. The Hall–Kier alpha value is -0.630. The van der Waals surface area contributed by atoms with Gasteiger partial charge in [0.05, 0.1) is 0 Å². The highest BCUT2D eigenvalue weighted by atomic mass is 16.3. The van der Waals surface area contributed by atoms with E-state index in [1.54, 1.807) is 0 Å². The van der Waals surface area contributed by atoms with Gasteiger partial charge < -0.3 is 5.11 Å². The molecule has 1 N–H and O–H groups in total. The minimum Gasteiger partial charge on any atom is -0.385 e. The van der Waals surface area contributed by atoms with Crippen LogP contribution in [0.3, 0.4) is 0 Å². The zero-order valence-corrected chi connectivity index (χ0v) is 14.4. The third-order valence-corrected chi connectivity index (χ3v) is 4.68. The molecule has 0 bridgehead atoms. The van der Waals surface area contributed by atoms with Crippen molar-refractivity contribution in [3.05, 3.63) is 12.2 Å². The Morgan fingerprint density at radius 3 is 1.73 bits per heavy atom. The summed E-state index contributed by atoms with van der Waals surface area (Å²) in [5, 5.41) is 9.88. The first kappa shape index (κ1) is 19.4. The monoisotopic (exact) mass is 308 g/mol. The lowest BCUT2D eigenvalue weighted by Gasteiger charge is -2.09. The van der Waals surface area contributed by atoms with E-state index in [4.69, 9.17) is 0 Å². The van der Waals surface area contributed by atoms with Gasteiger partial charge in [-0.2, -0.15) is 0 Å². The van der Waals surface area contributed by atoms with E-state index in [2.05, 4.69) is 12.2 Å². The van der Waals surface area contributed by atoms with E-state index in [1.807, 2.05) is 0 Å². The van der Waals surface area contributed by atoms with Crippen molar-refractivity contribution in [1.82, 2.24) is 0 Å². The molecule has 0 saturated heterocycles. The number of aliphatic hydroxyl groups is 1. The molecule has 0 aliphatic heterocycles. The van der Waals surface area contributed by atoms with Crippen LogP contribution in [0.25, 0.3) is 0 Å². The summed E-state index contributed by atoms with van der Waals surface area (Å²) in [6.07, 6.45) is 22.2. The third-order valence-electron chi connectivity index (χ3n) is 4.68. The molecule has 0 fully saturated rings. The topological polar surface area (TPSA) is 37.3 Å². The second kappa shape index (κ2) is 14.0. The van der Waals surface area contributed by atoms with Gasteiger partial charge in [-0.3, -0.25) is 4.79 Å². The lowest BCUT2D eigenvalue weighted by atomic mass is 10.0. The van der Waals surface area contributed by atoms with Crippen molar-refractivity contribution in [1.29, 1.82) is 0 Å². The highest BCUT2D eigenvalue weighted by Gasteiger charge is 2.13. The van der Waals surface area contributed by atoms with Crippen molar-refractivity contribution in [2.75, 3.05) is 0 Å². The van der Waals surface area contributed by atoms with Crippen LogP contribution >= 0.6 is 0 Å². The van der Waals surface area contributed by atoms with Gasteiger partial charge in [-0.1, -0.05) is 69.9 Å². The molecular weight excluding hydrogens is 272 g/mol. The molecule has 1 aliphatic carbocycles. The zero-order chi connectivity index (χ0) is 15.9. The van der Waals surface area contributed by atoms with Gasteiger partial charge in [0, 0.05) is 6.42 Å². The molecule has 22 heavy (non-hydrogen) atoms. The number of Topliss-reactive ketones (excluding diaryl/α,β-unsaturated/α-hetero) is 1. The largest absolute Gasteiger partial charge is 0.385 e. The number of hydrogen-bond acceptors (Lipinski definition) is 2. The molecule has 1 unspecified atom stereocenters. The standard InChI is InChI=1S/C20H36O2/c21-19-17-15-13-11-9-7-5-3-1-2-4-6-8-10-12-14-16-18-20(19)22/h1-2,19,21H,3-18H2/b2-1-. The molecule has 2 nitrogen and oxygen atoms in total. The van der Waals surface area contributed by atoms with E-state index in [1.165, 1.54) is 64.2 Å². The molecule has 0 saturated carbocycles. The van der Waals surface area contributed by atoms with Gasteiger partial charge in [0.1, 0.15) is 6.10 Å². The number of hydrogen-bond donors (Lipinski definition) is 1. The Morgan fingerprint density at radius 2 is 1.14 bits per heavy atom. The van der Waals surface area contributed by atoms with Gasteiger partial charge in [0.25, 0.3) is 0 Å². The lowest BCUT2D eigenvalue weighted by molar-refractivity contribution is -0.127. The first-order valence-corrected chi connectivity index (χ1v) is 9.66. The van der Waals surface area contributed by atoms with Crippen LogP contribution in [0.15, 0.2) is 12.2 Å². The van der Waals surface area contributed by atoms with E-state index in [0.29, 0.717) is 12.8 Å². The molecule has 1 rings (SSSR count). The third kappa shape index (κ3) is 11.0. The summed E-state index contributed by atoms with van der Waals surface area (Å²) < 4.78 is 0. The van der Waals surface area contributed by atoms with Gasteiger partial charge in [-0.05, 0) is 38.5 Å². The highest BCUT2D eigenvalue weighted by molar-refractivity contribution is 5.82. The van der Waals surface area contributed by atoms with Crippen LogP contribution in [-0.2, 0) is 4.79 Å². The van der Waals surface area contributed by atoms with Gasteiger partial charge in [0.2, 0.25) is 0 Å². The average Bonchev–Trinajstić information content (AvgIpc) is 2.52. The molecule has 0 heterocycles. The Labute approximate surface area is 137 Å². The molecule has 128 valence electrons. The number of ketones is 1. The molecule has 0 aromatic heterocycles.